The zero-order valence-corrected chi connectivity index (χ0v) is 16.0. The summed E-state index contributed by atoms with van der Waals surface area (Å²) in [5, 5.41) is 0.462. The van der Waals surface area contributed by atoms with Crippen molar-refractivity contribution in [1.82, 2.24) is 14.9 Å². The molecule has 5 nitrogen and oxygen atoms in total. The van der Waals surface area contributed by atoms with E-state index in [1.165, 1.54) is 12.4 Å². The summed E-state index contributed by atoms with van der Waals surface area (Å²) in [6, 6.07) is 20.1. The largest absolute Gasteiger partial charge is 0.458 e. The zero-order chi connectivity index (χ0) is 19.3. The smallest absolute Gasteiger partial charge is 0.316 e. The molecule has 0 bridgehead atoms. The highest BCUT2D eigenvalue weighted by molar-refractivity contribution is 6.30. The van der Waals surface area contributed by atoms with Gasteiger partial charge in [-0.3, -0.25) is 4.79 Å². The number of halogens is 1. The lowest BCUT2D eigenvalue weighted by atomic mass is 9.90. The minimum absolute atomic E-state index is 0.0838. The number of hydrogen-bond donors (Lipinski definition) is 0. The summed E-state index contributed by atoms with van der Waals surface area (Å²) in [5.74, 6) is -0.242. The van der Waals surface area contributed by atoms with Crippen molar-refractivity contribution >= 4 is 17.5 Å². The molecule has 1 aliphatic rings. The summed E-state index contributed by atoms with van der Waals surface area (Å²) in [6.07, 6.45) is 3.62. The van der Waals surface area contributed by atoms with Crippen LogP contribution in [0.1, 0.15) is 23.5 Å². The number of hydrogen-bond acceptors (Lipinski definition) is 4. The second-order valence-electron chi connectivity index (χ2n) is 6.75. The van der Waals surface area contributed by atoms with Crippen molar-refractivity contribution in [3.05, 3.63) is 89.2 Å². The molecular formula is C22H20ClN3O2. The average Bonchev–Trinajstić information content (AvgIpc) is 3.20. The summed E-state index contributed by atoms with van der Waals surface area (Å²) in [7, 11) is 0. The molecule has 3 aromatic rings. The number of aromatic nitrogens is 2. The van der Waals surface area contributed by atoms with Crippen molar-refractivity contribution in [2.24, 2.45) is 0 Å². The maximum atomic E-state index is 13.4. The van der Waals surface area contributed by atoms with Gasteiger partial charge in [-0.15, -0.1) is 0 Å². The van der Waals surface area contributed by atoms with Crippen LogP contribution in [0, 0.1) is 0 Å². The minimum atomic E-state index is -0.326. The van der Waals surface area contributed by atoms with E-state index in [2.05, 4.69) is 9.97 Å². The van der Waals surface area contributed by atoms with Crippen molar-refractivity contribution in [2.75, 3.05) is 13.1 Å². The number of rotatable bonds is 5. The summed E-state index contributed by atoms with van der Waals surface area (Å²) < 4.78 is 5.83. The Hall–Kier alpha value is -2.92. The molecular weight excluding hydrogens is 374 g/mol. The molecule has 2 aromatic carbocycles. The van der Waals surface area contributed by atoms with E-state index >= 15 is 0 Å². The Bertz CT molecular complexity index is 880. The van der Waals surface area contributed by atoms with Gasteiger partial charge in [0, 0.05) is 13.0 Å². The molecule has 0 spiro atoms. The zero-order valence-electron chi connectivity index (χ0n) is 15.2. The van der Waals surface area contributed by atoms with Gasteiger partial charge in [0.05, 0.1) is 29.9 Å². The van der Waals surface area contributed by atoms with E-state index < -0.39 is 0 Å². The molecule has 4 rings (SSSR count). The minimum Gasteiger partial charge on any atom is -0.458 e. The van der Waals surface area contributed by atoms with Gasteiger partial charge in [-0.05, 0) is 11.1 Å². The molecule has 0 unspecified atom stereocenters. The van der Waals surface area contributed by atoms with E-state index in [0.29, 0.717) is 18.1 Å². The Labute approximate surface area is 169 Å². The number of carbonyl (C=O) groups is 1. The highest BCUT2D eigenvalue weighted by atomic mass is 35.5. The van der Waals surface area contributed by atoms with Crippen molar-refractivity contribution in [3.8, 4) is 6.01 Å². The highest BCUT2D eigenvalue weighted by Gasteiger charge is 2.33. The van der Waals surface area contributed by atoms with Gasteiger partial charge < -0.3 is 9.64 Å². The quantitative estimate of drug-likeness (QED) is 0.658. The van der Waals surface area contributed by atoms with Crippen LogP contribution < -0.4 is 4.74 Å². The topological polar surface area (TPSA) is 55.3 Å². The van der Waals surface area contributed by atoms with Gasteiger partial charge in [0.1, 0.15) is 6.10 Å². The fourth-order valence-corrected chi connectivity index (χ4v) is 3.58. The Balaban J connectivity index is 1.51. The molecule has 0 N–H and O–H groups in total. The Morgan fingerprint density at radius 3 is 2.14 bits per heavy atom. The lowest BCUT2D eigenvalue weighted by Gasteiger charge is -2.24. The fraction of sp³-hybridized carbons (Fsp3) is 0.227. The molecule has 1 fully saturated rings. The molecule has 0 radical (unpaired) electrons. The van der Waals surface area contributed by atoms with Gasteiger partial charge in [-0.25, -0.2) is 9.97 Å². The van der Waals surface area contributed by atoms with E-state index in [-0.39, 0.29) is 23.9 Å². The number of ether oxygens (including phenoxy) is 1. The highest BCUT2D eigenvalue weighted by Crippen LogP contribution is 2.29. The molecule has 142 valence electrons. The van der Waals surface area contributed by atoms with Gasteiger partial charge >= 0.3 is 6.01 Å². The maximum Gasteiger partial charge on any atom is 0.316 e. The third kappa shape index (κ3) is 4.15. The third-order valence-corrected chi connectivity index (χ3v) is 5.03. The van der Waals surface area contributed by atoms with Crippen LogP contribution in [0.25, 0.3) is 0 Å². The summed E-state index contributed by atoms with van der Waals surface area (Å²) in [5.41, 5.74) is 1.98. The van der Waals surface area contributed by atoms with Crippen LogP contribution >= 0.6 is 11.6 Å². The fourth-order valence-electron chi connectivity index (χ4n) is 3.49. The maximum absolute atomic E-state index is 13.4. The molecule has 1 aliphatic heterocycles. The molecule has 1 saturated heterocycles. The molecule has 0 saturated carbocycles. The first-order valence-electron chi connectivity index (χ1n) is 9.23. The number of benzene rings is 2. The monoisotopic (exact) mass is 393 g/mol. The van der Waals surface area contributed by atoms with E-state index in [1.54, 1.807) is 0 Å². The standard InChI is InChI=1S/C22H20ClN3O2/c23-18-13-24-22(25-14-18)28-19-11-12-26(15-19)21(27)20(16-7-3-1-4-8-16)17-9-5-2-6-10-17/h1-10,13-14,19-20H,11-12,15H2/t19-/m1/s1. The molecule has 1 aromatic heterocycles. The Morgan fingerprint density at radius 2 is 1.57 bits per heavy atom. The molecule has 1 atom stereocenters. The van der Waals surface area contributed by atoms with Crippen molar-refractivity contribution in [2.45, 2.75) is 18.4 Å². The van der Waals surface area contributed by atoms with Crippen LogP contribution in [0.4, 0.5) is 0 Å². The predicted molar refractivity (Wildman–Crippen MR) is 107 cm³/mol. The molecule has 2 heterocycles. The second kappa shape index (κ2) is 8.40. The van der Waals surface area contributed by atoms with E-state index in [0.717, 1.165) is 17.5 Å². The molecule has 0 aliphatic carbocycles. The van der Waals surface area contributed by atoms with E-state index in [9.17, 15) is 4.79 Å². The first-order valence-corrected chi connectivity index (χ1v) is 9.61. The summed E-state index contributed by atoms with van der Waals surface area (Å²) in [4.78, 5) is 23.4. The first kappa shape index (κ1) is 18.4. The van der Waals surface area contributed by atoms with Gasteiger partial charge in [-0.2, -0.15) is 0 Å². The first-order chi connectivity index (χ1) is 13.7. The number of amides is 1. The van der Waals surface area contributed by atoms with Gasteiger partial charge in [-0.1, -0.05) is 72.3 Å². The Morgan fingerprint density at radius 1 is 1.00 bits per heavy atom. The van der Waals surface area contributed by atoms with Gasteiger partial charge in [0.15, 0.2) is 0 Å². The average molecular weight is 394 g/mol. The summed E-state index contributed by atoms with van der Waals surface area (Å²) in [6.45, 7) is 1.16. The third-order valence-electron chi connectivity index (χ3n) is 4.84. The van der Waals surface area contributed by atoms with Crippen molar-refractivity contribution < 1.29 is 9.53 Å². The summed E-state index contributed by atoms with van der Waals surface area (Å²) >= 11 is 5.81. The van der Waals surface area contributed by atoms with E-state index in [4.69, 9.17) is 16.3 Å². The second-order valence-corrected chi connectivity index (χ2v) is 7.19. The van der Waals surface area contributed by atoms with Gasteiger partial charge in [0.25, 0.3) is 0 Å². The molecule has 1 amide bonds. The van der Waals surface area contributed by atoms with Crippen LogP contribution in [0.5, 0.6) is 6.01 Å². The number of nitrogens with zero attached hydrogens (tertiary/aromatic N) is 3. The number of likely N-dealkylation sites (tertiary alicyclic amines) is 1. The van der Waals surface area contributed by atoms with Crippen LogP contribution in [-0.2, 0) is 4.79 Å². The van der Waals surface area contributed by atoms with Crippen LogP contribution in [0.2, 0.25) is 5.02 Å². The van der Waals surface area contributed by atoms with Gasteiger partial charge in [0.2, 0.25) is 5.91 Å². The van der Waals surface area contributed by atoms with Crippen LogP contribution in [0.3, 0.4) is 0 Å². The number of carbonyl (C=O) groups excluding carboxylic acids is 1. The SMILES string of the molecule is O=C(C(c1ccccc1)c1ccccc1)N1CC[C@@H](Oc2ncc(Cl)cn2)C1. The van der Waals surface area contributed by atoms with Crippen LogP contribution in [0.15, 0.2) is 73.1 Å². The molecule has 28 heavy (non-hydrogen) atoms. The lowest BCUT2D eigenvalue weighted by Crippen LogP contribution is -2.35. The van der Waals surface area contributed by atoms with Crippen molar-refractivity contribution in [3.63, 3.8) is 0 Å². The lowest BCUT2D eigenvalue weighted by molar-refractivity contribution is -0.131. The van der Waals surface area contributed by atoms with E-state index in [1.807, 2.05) is 65.6 Å². The normalized spacial score (nSPS) is 16.4. The molecule has 6 heteroatoms. The van der Waals surface area contributed by atoms with Crippen molar-refractivity contribution in [1.29, 1.82) is 0 Å². The van der Waals surface area contributed by atoms with Crippen LogP contribution in [-0.4, -0.2) is 40.0 Å². The predicted octanol–water partition coefficient (Wildman–Crippen LogP) is 3.94. The Kier molecular flexibility index (Phi) is 5.53.